The molecule has 0 radical (unpaired) electrons. The van der Waals surface area contributed by atoms with Crippen LogP contribution in [0.5, 0.6) is 0 Å². The van der Waals surface area contributed by atoms with Crippen molar-refractivity contribution in [2.45, 2.75) is 25.0 Å². The van der Waals surface area contributed by atoms with Gasteiger partial charge in [-0.25, -0.2) is 0 Å². The van der Waals surface area contributed by atoms with Gasteiger partial charge in [-0.15, -0.1) is 0 Å². The first-order valence-corrected chi connectivity index (χ1v) is 5.11. The van der Waals surface area contributed by atoms with Gasteiger partial charge in [0.1, 0.15) is 0 Å². The molecule has 0 heterocycles. The first-order valence-electron chi connectivity index (χ1n) is 5.11. The van der Waals surface area contributed by atoms with Crippen LogP contribution in [0.2, 0.25) is 0 Å². The van der Waals surface area contributed by atoms with Gasteiger partial charge in [-0.3, -0.25) is 4.79 Å². The molecule has 0 saturated carbocycles. The fourth-order valence-electron chi connectivity index (χ4n) is 1.43. The SMILES string of the molecule is COC(=O)C[C@H](O)C[C@H](O)c1ccccc1. The van der Waals surface area contributed by atoms with E-state index in [-0.39, 0.29) is 12.8 Å². The van der Waals surface area contributed by atoms with Crippen molar-refractivity contribution in [3.63, 3.8) is 0 Å². The van der Waals surface area contributed by atoms with E-state index in [2.05, 4.69) is 4.74 Å². The average Bonchev–Trinajstić information content (AvgIpc) is 2.29. The Bertz CT molecular complexity index is 323. The van der Waals surface area contributed by atoms with Crippen molar-refractivity contribution < 1.29 is 19.7 Å². The Balaban J connectivity index is 2.45. The van der Waals surface area contributed by atoms with Crippen LogP contribution < -0.4 is 0 Å². The second-order valence-electron chi connectivity index (χ2n) is 3.60. The summed E-state index contributed by atoms with van der Waals surface area (Å²) in [5.74, 6) is -0.479. The zero-order valence-electron chi connectivity index (χ0n) is 9.17. The molecule has 1 aromatic rings. The molecule has 16 heavy (non-hydrogen) atoms. The van der Waals surface area contributed by atoms with E-state index >= 15 is 0 Å². The lowest BCUT2D eigenvalue weighted by Gasteiger charge is -2.14. The van der Waals surface area contributed by atoms with Crippen molar-refractivity contribution in [3.05, 3.63) is 35.9 Å². The molecule has 0 aliphatic heterocycles. The van der Waals surface area contributed by atoms with Gasteiger partial charge in [-0.05, 0) is 5.56 Å². The van der Waals surface area contributed by atoms with Crippen molar-refractivity contribution in [2.24, 2.45) is 0 Å². The Hall–Kier alpha value is -1.39. The molecule has 0 saturated heterocycles. The second kappa shape index (κ2) is 6.25. The third kappa shape index (κ3) is 4.00. The highest BCUT2D eigenvalue weighted by Crippen LogP contribution is 2.19. The zero-order valence-corrected chi connectivity index (χ0v) is 9.17. The minimum Gasteiger partial charge on any atom is -0.469 e. The largest absolute Gasteiger partial charge is 0.469 e. The van der Waals surface area contributed by atoms with Gasteiger partial charge in [0.25, 0.3) is 0 Å². The summed E-state index contributed by atoms with van der Waals surface area (Å²) < 4.78 is 4.43. The Morgan fingerprint density at radius 1 is 1.31 bits per heavy atom. The van der Waals surface area contributed by atoms with E-state index in [1.807, 2.05) is 18.2 Å². The molecule has 1 rings (SSSR count). The summed E-state index contributed by atoms with van der Waals surface area (Å²) in [6, 6.07) is 9.02. The second-order valence-corrected chi connectivity index (χ2v) is 3.60. The van der Waals surface area contributed by atoms with Crippen LogP contribution in [-0.2, 0) is 9.53 Å². The highest BCUT2D eigenvalue weighted by Gasteiger charge is 2.16. The normalized spacial score (nSPS) is 14.2. The van der Waals surface area contributed by atoms with Gasteiger partial charge in [0.15, 0.2) is 0 Å². The zero-order chi connectivity index (χ0) is 12.0. The smallest absolute Gasteiger partial charge is 0.308 e. The molecule has 0 aliphatic carbocycles. The minimum absolute atomic E-state index is 0.0968. The van der Waals surface area contributed by atoms with E-state index < -0.39 is 18.2 Å². The first-order chi connectivity index (χ1) is 7.63. The lowest BCUT2D eigenvalue weighted by atomic mass is 10.0. The number of rotatable bonds is 5. The van der Waals surface area contributed by atoms with E-state index in [0.29, 0.717) is 0 Å². The van der Waals surface area contributed by atoms with Crippen LogP contribution in [0.25, 0.3) is 0 Å². The maximum Gasteiger partial charge on any atom is 0.308 e. The molecule has 0 amide bonds. The summed E-state index contributed by atoms with van der Waals surface area (Å²) in [5, 5.41) is 19.3. The van der Waals surface area contributed by atoms with Crippen LogP contribution >= 0.6 is 0 Å². The first kappa shape index (κ1) is 12.7. The molecule has 0 aliphatic rings. The van der Waals surface area contributed by atoms with Gasteiger partial charge in [-0.2, -0.15) is 0 Å². The van der Waals surface area contributed by atoms with E-state index in [4.69, 9.17) is 0 Å². The van der Waals surface area contributed by atoms with E-state index in [1.54, 1.807) is 12.1 Å². The molecule has 88 valence electrons. The molecule has 0 spiro atoms. The van der Waals surface area contributed by atoms with Gasteiger partial charge in [-0.1, -0.05) is 30.3 Å². The molecule has 4 heteroatoms. The number of hydrogen-bond donors (Lipinski definition) is 2. The lowest BCUT2D eigenvalue weighted by molar-refractivity contribution is -0.143. The van der Waals surface area contributed by atoms with E-state index in [1.165, 1.54) is 7.11 Å². The molecular weight excluding hydrogens is 208 g/mol. The quantitative estimate of drug-likeness (QED) is 0.733. The van der Waals surface area contributed by atoms with Crippen molar-refractivity contribution in [1.82, 2.24) is 0 Å². The molecule has 0 bridgehead atoms. The number of ether oxygens (including phenoxy) is 1. The Morgan fingerprint density at radius 2 is 1.94 bits per heavy atom. The van der Waals surface area contributed by atoms with Crippen LogP contribution in [-0.4, -0.2) is 29.4 Å². The van der Waals surface area contributed by atoms with Crippen molar-refractivity contribution in [3.8, 4) is 0 Å². The standard InChI is InChI=1S/C12H16O4/c1-16-12(15)8-10(13)7-11(14)9-5-3-2-4-6-9/h2-6,10-11,13-14H,7-8H2,1H3/t10-,11+/m1/s1. The fourth-order valence-corrected chi connectivity index (χ4v) is 1.43. The van der Waals surface area contributed by atoms with E-state index in [9.17, 15) is 15.0 Å². The predicted octanol–water partition coefficient (Wildman–Crippen LogP) is 1.03. The third-order valence-electron chi connectivity index (χ3n) is 2.31. The van der Waals surface area contributed by atoms with Gasteiger partial charge >= 0.3 is 5.97 Å². The number of methoxy groups -OCH3 is 1. The van der Waals surface area contributed by atoms with Crippen molar-refractivity contribution >= 4 is 5.97 Å². The Labute approximate surface area is 94.5 Å². The lowest BCUT2D eigenvalue weighted by Crippen LogP contribution is -2.17. The topological polar surface area (TPSA) is 66.8 Å². The highest BCUT2D eigenvalue weighted by atomic mass is 16.5. The molecular formula is C12H16O4. The number of carbonyl (C=O) groups is 1. The van der Waals surface area contributed by atoms with Gasteiger partial charge in [0.05, 0.1) is 25.7 Å². The van der Waals surface area contributed by atoms with Crippen LogP contribution in [0.4, 0.5) is 0 Å². The summed E-state index contributed by atoms with van der Waals surface area (Å²) >= 11 is 0. The summed E-state index contributed by atoms with van der Waals surface area (Å²) in [6.07, 6.45) is -1.62. The Kier molecular flexibility index (Phi) is 4.95. The number of aliphatic hydroxyl groups excluding tert-OH is 2. The predicted molar refractivity (Wildman–Crippen MR) is 58.7 cm³/mol. The highest BCUT2D eigenvalue weighted by molar-refractivity contribution is 5.69. The summed E-state index contributed by atoms with van der Waals surface area (Å²) in [4.78, 5) is 10.9. The van der Waals surface area contributed by atoms with Crippen LogP contribution in [0.15, 0.2) is 30.3 Å². The molecule has 2 N–H and O–H groups in total. The van der Waals surface area contributed by atoms with Crippen LogP contribution in [0.3, 0.4) is 0 Å². The third-order valence-corrected chi connectivity index (χ3v) is 2.31. The molecule has 0 aromatic heterocycles. The minimum atomic E-state index is -0.886. The molecule has 0 fully saturated rings. The number of aliphatic hydroxyl groups is 2. The number of hydrogen-bond acceptors (Lipinski definition) is 4. The summed E-state index contributed by atoms with van der Waals surface area (Å²) in [7, 11) is 1.27. The maximum absolute atomic E-state index is 10.9. The fraction of sp³-hybridized carbons (Fsp3) is 0.417. The molecule has 4 nitrogen and oxygen atoms in total. The number of benzene rings is 1. The molecule has 2 atom stereocenters. The molecule has 1 aromatic carbocycles. The van der Waals surface area contributed by atoms with Gasteiger partial charge < -0.3 is 14.9 Å². The molecule has 0 unspecified atom stereocenters. The summed E-state index contributed by atoms with van der Waals surface area (Å²) in [5.41, 5.74) is 0.728. The maximum atomic E-state index is 10.9. The van der Waals surface area contributed by atoms with Gasteiger partial charge in [0.2, 0.25) is 0 Å². The Morgan fingerprint density at radius 3 is 2.50 bits per heavy atom. The van der Waals surface area contributed by atoms with Crippen molar-refractivity contribution in [2.75, 3.05) is 7.11 Å². The van der Waals surface area contributed by atoms with E-state index in [0.717, 1.165) is 5.56 Å². The summed E-state index contributed by atoms with van der Waals surface area (Å²) in [6.45, 7) is 0. The van der Waals surface area contributed by atoms with Crippen LogP contribution in [0.1, 0.15) is 24.5 Å². The monoisotopic (exact) mass is 224 g/mol. The van der Waals surface area contributed by atoms with Crippen LogP contribution in [0, 0.1) is 0 Å². The number of carbonyl (C=O) groups excluding carboxylic acids is 1. The number of esters is 1. The van der Waals surface area contributed by atoms with Crippen molar-refractivity contribution in [1.29, 1.82) is 0 Å². The van der Waals surface area contributed by atoms with Gasteiger partial charge in [0, 0.05) is 6.42 Å². The average molecular weight is 224 g/mol.